The van der Waals surface area contributed by atoms with Crippen LogP contribution in [0.1, 0.15) is 11.1 Å². The van der Waals surface area contributed by atoms with Crippen LogP contribution in [0.2, 0.25) is 5.02 Å². The van der Waals surface area contributed by atoms with Gasteiger partial charge in [-0.25, -0.2) is 4.39 Å². The standard InChI is InChI=1S/C14H11ClFNO3/c1-20-8-6-10(15)13(12(18)7-8)14(17-19)9-4-2-3-5-11(9)16/h2-7,18-19H,1H3/b17-14+. The number of halogens is 2. The average Bonchev–Trinajstić information content (AvgIpc) is 2.43. The van der Waals surface area contributed by atoms with Gasteiger partial charge in [-0.2, -0.15) is 0 Å². The van der Waals surface area contributed by atoms with Crippen molar-refractivity contribution < 1.29 is 19.4 Å². The lowest BCUT2D eigenvalue weighted by Gasteiger charge is -2.11. The van der Waals surface area contributed by atoms with Crippen LogP contribution in [0.5, 0.6) is 11.5 Å². The molecule has 0 aliphatic rings. The Balaban J connectivity index is 2.63. The summed E-state index contributed by atoms with van der Waals surface area (Å²) < 4.78 is 18.7. The summed E-state index contributed by atoms with van der Waals surface area (Å²) >= 11 is 6.03. The van der Waals surface area contributed by atoms with E-state index in [2.05, 4.69) is 5.16 Å². The second-order valence-corrected chi connectivity index (χ2v) is 4.34. The van der Waals surface area contributed by atoms with E-state index in [1.165, 1.54) is 37.4 Å². The summed E-state index contributed by atoms with van der Waals surface area (Å²) in [5.74, 6) is -0.529. The van der Waals surface area contributed by atoms with Gasteiger partial charge in [0.25, 0.3) is 0 Å². The van der Waals surface area contributed by atoms with Gasteiger partial charge in [-0.15, -0.1) is 0 Å². The molecule has 6 heteroatoms. The van der Waals surface area contributed by atoms with E-state index in [1.54, 1.807) is 6.07 Å². The number of phenols is 1. The van der Waals surface area contributed by atoms with E-state index in [4.69, 9.17) is 21.5 Å². The number of benzene rings is 2. The fourth-order valence-electron chi connectivity index (χ4n) is 1.81. The highest BCUT2D eigenvalue weighted by Gasteiger charge is 2.20. The highest BCUT2D eigenvalue weighted by molar-refractivity contribution is 6.36. The normalized spacial score (nSPS) is 11.4. The minimum absolute atomic E-state index is 0.0253. The quantitative estimate of drug-likeness (QED) is 0.518. The lowest BCUT2D eigenvalue weighted by molar-refractivity contribution is 0.319. The van der Waals surface area contributed by atoms with Crippen molar-refractivity contribution in [1.82, 2.24) is 0 Å². The minimum Gasteiger partial charge on any atom is -0.507 e. The van der Waals surface area contributed by atoms with Crippen LogP contribution in [0.15, 0.2) is 41.6 Å². The first-order valence-electron chi connectivity index (χ1n) is 5.62. The number of methoxy groups -OCH3 is 1. The van der Waals surface area contributed by atoms with Gasteiger partial charge in [0.1, 0.15) is 23.0 Å². The van der Waals surface area contributed by atoms with Crippen LogP contribution in [0, 0.1) is 5.82 Å². The maximum Gasteiger partial charge on any atom is 0.132 e. The van der Waals surface area contributed by atoms with Gasteiger partial charge in [-0.05, 0) is 18.2 Å². The van der Waals surface area contributed by atoms with Crippen LogP contribution in [-0.2, 0) is 0 Å². The van der Waals surface area contributed by atoms with Crippen LogP contribution < -0.4 is 4.74 Å². The molecule has 0 unspecified atom stereocenters. The van der Waals surface area contributed by atoms with Crippen LogP contribution in [0.25, 0.3) is 0 Å². The summed E-state index contributed by atoms with van der Waals surface area (Å²) in [4.78, 5) is 0. The molecule has 0 bridgehead atoms. The minimum atomic E-state index is -0.591. The van der Waals surface area contributed by atoms with Crippen molar-refractivity contribution in [2.24, 2.45) is 5.16 Å². The van der Waals surface area contributed by atoms with Crippen molar-refractivity contribution in [2.45, 2.75) is 0 Å². The fraction of sp³-hybridized carbons (Fsp3) is 0.0714. The molecular formula is C14H11ClFNO3. The van der Waals surface area contributed by atoms with Gasteiger partial charge in [-0.1, -0.05) is 28.9 Å². The number of phenolic OH excluding ortho intramolecular Hbond substituents is 1. The lowest BCUT2D eigenvalue weighted by Crippen LogP contribution is -2.07. The smallest absolute Gasteiger partial charge is 0.132 e. The second-order valence-electron chi connectivity index (χ2n) is 3.93. The summed E-state index contributed by atoms with van der Waals surface area (Å²) in [6.07, 6.45) is 0. The summed E-state index contributed by atoms with van der Waals surface area (Å²) in [7, 11) is 1.42. The van der Waals surface area contributed by atoms with Gasteiger partial charge in [0.05, 0.1) is 17.7 Å². The maximum atomic E-state index is 13.8. The number of rotatable bonds is 3. The number of aromatic hydroxyl groups is 1. The third-order valence-electron chi connectivity index (χ3n) is 2.74. The van der Waals surface area contributed by atoms with Crippen molar-refractivity contribution in [3.05, 3.63) is 58.4 Å². The number of hydrogen-bond donors (Lipinski definition) is 2. The maximum absolute atomic E-state index is 13.8. The highest BCUT2D eigenvalue weighted by Crippen LogP contribution is 2.33. The van der Waals surface area contributed by atoms with E-state index in [1.807, 2.05) is 0 Å². The molecule has 2 aromatic carbocycles. The molecule has 0 fully saturated rings. The van der Waals surface area contributed by atoms with Gasteiger partial charge in [0, 0.05) is 11.6 Å². The zero-order chi connectivity index (χ0) is 14.7. The van der Waals surface area contributed by atoms with Crippen LogP contribution in [0.4, 0.5) is 4.39 Å². The summed E-state index contributed by atoms with van der Waals surface area (Å²) in [5.41, 5.74) is -0.106. The van der Waals surface area contributed by atoms with Crippen molar-refractivity contribution in [3.63, 3.8) is 0 Å². The van der Waals surface area contributed by atoms with Gasteiger partial charge in [-0.3, -0.25) is 0 Å². The monoisotopic (exact) mass is 295 g/mol. The second kappa shape index (κ2) is 5.79. The molecule has 0 aliphatic carbocycles. The summed E-state index contributed by atoms with van der Waals surface area (Å²) in [5, 5.41) is 22.3. The largest absolute Gasteiger partial charge is 0.507 e. The summed E-state index contributed by atoms with van der Waals surface area (Å²) in [6, 6.07) is 8.45. The van der Waals surface area contributed by atoms with Crippen molar-refractivity contribution >= 4 is 17.3 Å². The molecule has 0 radical (unpaired) electrons. The van der Waals surface area contributed by atoms with E-state index in [-0.39, 0.29) is 27.6 Å². The molecule has 2 aromatic rings. The summed E-state index contributed by atoms with van der Waals surface area (Å²) in [6.45, 7) is 0. The first-order chi connectivity index (χ1) is 9.58. The van der Waals surface area contributed by atoms with Crippen molar-refractivity contribution in [3.8, 4) is 11.5 Å². The predicted molar refractivity (Wildman–Crippen MR) is 73.5 cm³/mol. The molecule has 0 aliphatic heterocycles. The topological polar surface area (TPSA) is 62.0 Å². The van der Waals surface area contributed by atoms with E-state index in [9.17, 15) is 9.50 Å². The zero-order valence-electron chi connectivity index (χ0n) is 10.5. The van der Waals surface area contributed by atoms with Crippen LogP contribution >= 0.6 is 11.6 Å². The van der Waals surface area contributed by atoms with Crippen LogP contribution in [0.3, 0.4) is 0 Å². The Morgan fingerprint density at radius 3 is 2.55 bits per heavy atom. The molecule has 0 spiro atoms. The third-order valence-corrected chi connectivity index (χ3v) is 3.04. The molecule has 0 amide bonds. The molecule has 0 aromatic heterocycles. The van der Waals surface area contributed by atoms with Gasteiger partial charge < -0.3 is 15.1 Å². The predicted octanol–water partition coefficient (Wildman–Crippen LogP) is 3.42. The Bertz CT molecular complexity index is 650. The van der Waals surface area contributed by atoms with E-state index >= 15 is 0 Å². The number of oxime groups is 1. The molecule has 2 N–H and O–H groups in total. The molecule has 0 heterocycles. The highest BCUT2D eigenvalue weighted by atomic mass is 35.5. The number of hydrogen-bond acceptors (Lipinski definition) is 4. The van der Waals surface area contributed by atoms with Gasteiger partial charge >= 0.3 is 0 Å². The lowest BCUT2D eigenvalue weighted by atomic mass is 10.0. The molecule has 4 nitrogen and oxygen atoms in total. The number of nitrogens with zero attached hydrogens (tertiary/aromatic N) is 1. The Hall–Kier alpha value is -2.27. The Kier molecular flexibility index (Phi) is 4.10. The Morgan fingerprint density at radius 1 is 1.30 bits per heavy atom. The molecule has 104 valence electrons. The number of ether oxygens (including phenoxy) is 1. The first kappa shape index (κ1) is 14.1. The molecule has 0 saturated carbocycles. The SMILES string of the molecule is COc1cc(O)c(/C(=N/O)c2ccccc2F)c(Cl)c1. The van der Waals surface area contributed by atoms with Crippen LogP contribution in [-0.4, -0.2) is 23.1 Å². The van der Waals surface area contributed by atoms with E-state index in [0.717, 1.165) is 0 Å². The molecule has 0 saturated heterocycles. The van der Waals surface area contributed by atoms with Gasteiger partial charge in [0.15, 0.2) is 0 Å². The average molecular weight is 296 g/mol. The first-order valence-corrected chi connectivity index (χ1v) is 6.00. The molecular weight excluding hydrogens is 285 g/mol. The fourth-order valence-corrected chi connectivity index (χ4v) is 2.11. The Morgan fingerprint density at radius 2 is 2.00 bits per heavy atom. The molecule has 20 heavy (non-hydrogen) atoms. The molecule has 2 rings (SSSR count). The van der Waals surface area contributed by atoms with E-state index < -0.39 is 5.82 Å². The zero-order valence-corrected chi connectivity index (χ0v) is 11.2. The molecule has 0 atom stereocenters. The van der Waals surface area contributed by atoms with E-state index in [0.29, 0.717) is 5.75 Å². The third kappa shape index (κ3) is 2.53. The van der Waals surface area contributed by atoms with Gasteiger partial charge in [0.2, 0.25) is 0 Å². The Labute approximate surface area is 119 Å². The van der Waals surface area contributed by atoms with Crippen molar-refractivity contribution in [1.29, 1.82) is 0 Å². The van der Waals surface area contributed by atoms with Crippen molar-refractivity contribution in [2.75, 3.05) is 7.11 Å².